The summed E-state index contributed by atoms with van der Waals surface area (Å²) in [6.07, 6.45) is 4.63. The van der Waals surface area contributed by atoms with Crippen LogP contribution in [0.15, 0.2) is 54.6 Å². The highest BCUT2D eigenvalue weighted by Gasteiger charge is 2.19. The van der Waals surface area contributed by atoms with Crippen LogP contribution in [0, 0.1) is 0 Å². The molecule has 0 aliphatic heterocycles. The van der Waals surface area contributed by atoms with Gasteiger partial charge in [0.15, 0.2) is 0 Å². The van der Waals surface area contributed by atoms with Gasteiger partial charge in [0.2, 0.25) is 5.91 Å². The Morgan fingerprint density at radius 1 is 1.03 bits per heavy atom. The Kier molecular flexibility index (Phi) is 5.68. The maximum atomic E-state index is 11.9. The smallest absolute Gasteiger partial charge is 0.226 e. The van der Waals surface area contributed by atoms with Crippen molar-refractivity contribution in [1.82, 2.24) is 9.88 Å². The second-order valence-corrected chi connectivity index (χ2v) is 8.35. The van der Waals surface area contributed by atoms with E-state index in [1.807, 2.05) is 18.2 Å². The fourth-order valence-electron chi connectivity index (χ4n) is 3.91. The first-order valence-electron chi connectivity index (χ1n) is 10.0. The number of hydrogen-bond acceptors (Lipinski definition) is 2. The van der Waals surface area contributed by atoms with Gasteiger partial charge in [-0.2, -0.15) is 0 Å². The predicted molar refractivity (Wildman–Crippen MR) is 118 cm³/mol. The van der Waals surface area contributed by atoms with Gasteiger partial charge in [-0.05, 0) is 66.1 Å². The average Bonchev–Trinajstić information content (AvgIpc) is 3.18. The van der Waals surface area contributed by atoms with Crippen molar-refractivity contribution in [2.45, 2.75) is 32.1 Å². The van der Waals surface area contributed by atoms with Gasteiger partial charge >= 0.3 is 0 Å². The molecule has 0 unspecified atom stereocenters. The normalized spacial score (nSPS) is 12.7. The molecule has 0 fully saturated rings. The second-order valence-electron chi connectivity index (χ2n) is 7.91. The number of hydrogen-bond donors (Lipinski definition) is 0. The van der Waals surface area contributed by atoms with Crippen LogP contribution in [-0.4, -0.2) is 29.9 Å². The molecule has 148 valence electrons. The number of aromatic nitrogens is 1. The first-order valence-corrected chi connectivity index (χ1v) is 10.4. The molecule has 0 bridgehead atoms. The molecule has 0 atom stereocenters. The van der Waals surface area contributed by atoms with Crippen LogP contribution in [0.2, 0.25) is 5.02 Å². The number of likely N-dealkylation sites (N-methyl/N-ethyl adjacent to an activating group) is 1. The zero-order valence-electron chi connectivity index (χ0n) is 16.9. The van der Waals surface area contributed by atoms with Crippen LogP contribution in [0.3, 0.4) is 0 Å². The molecule has 3 nitrogen and oxygen atoms in total. The third kappa shape index (κ3) is 4.51. The maximum absolute atomic E-state index is 11.9. The monoisotopic (exact) mass is 404 g/mol. The molecule has 1 amide bonds. The van der Waals surface area contributed by atoms with Gasteiger partial charge < -0.3 is 4.90 Å². The van der Waals surface area contributed by atoms with Crippen molar-refractivity contribution in [3.05, 3.63) is 87.6 Å². The van der Waals surface area contributed by atoms with E-state index < -0.39 is 0 Å². The topological polar surface area (TPSA) is 33.2 Å². The molecule has 0 radical (unpaired) electrons. The zero-order chi connectivity index (χ0) is 20.4. The van der Waals surface area contributed by atoms with Crippen LogP contribution in [0.25, 0.3) is 11.3 Å². The summed E-state index contributed by atoms with van der Waals surface area (Å²) in [6.45, 7) is 0. The van der Waals surface area contributed by atoms with E-state index in [2.05, 4.69) is 36.4 Å². The molecule has 2 aromatic carbocycles. The number of amides is 1. The molecule has 29 heavy (non-hydrogen) atoms. The minimum atomic E-state index is 0.121. The number of nitrogens with zero attached hydrogens (tertiary/aromatic N) is 2. The predicted octanol–water partition coefficient (Wildman–Crippen LogP) is 5.11. The molecule has 0 saturated carbocycles. The Hall–Kier alpha value is -2.65. The maximum Gasteiger partial charge on any atom is 0.226 e. The molecule has 0 N–H and O–H groups in total. The molecule has 4 heteroatoms. The lowest BCUT2D eigenvalue weighted by atomic mass is 9.96. The van der Waals surface area contributed by atoms with Crippen molar-refractivity contribution in [2.24, 2.45) is 0 Å². The summed E-state index contributed by atoms with van der Waals surface area (Å²) in [4.78, 5) is 18.5. The second kappa shape index (κ2) is 8.38. The first kappa shape index (κ1) is 19.7. The summed E-state index contributed by atoms with van der Waals surface area (Å²) < 4.78 is 0. The summed E-state index contributed by atoms with van der Waals surface area (Å²) >= 11 is 6.20. The van der Waals surface area contributed by atoms with E-state index in [1.54, 1.807) is 19.0 Å². The lowest BCUT2D eigenvalue weighted by molar-refractivity contribution is -0.127. The van der Waals surface area contributed by atoms with Crippen molar-refractivity contribution >= 4 is 17.5 Å². The first-order chi connectivity index (χ1) is 14.0. The Morgan fingerprint density at radius 3 is 2.52 bits per heavy atom. The van der Waals surface area contributed by atoms with Gasteiger partial charge in [0.05, 0.1) is 12.1 Å². The van der Waals surface area contributed by atoms with Gasteiger partial charge in [0, 0.05) is 30.4 Å². The lowest BCUT2D eigenvalue weighted by Crippen LogP contribution is -2.23. The number of pyridine rings is 1. The SMILES string of the molecule is CN(C)C(=O)Cc1ccc(Cc2cc(-c3cccc(Cl)c3)nc3c2CCC3)cc1. The van der Waals surface area contributed by atoms with E-state index in [9.17, 15) is 4.79 Å². The Labute approximate surface area is 177 Å². The highest BCUT2D eigenvalue weighted by Crippen LogP contribution is 2.31. The van der Waals surface area contributed by atoms with Gasteiger partial charge in [0.1, 0.15) is 0 Å². The quantitative estimate of drug-likeness (QED) is 0.591. The largest absolute Gasteiger partial charge is 0.349 e. The molecule has 3 aromatic rings. The van der Waals surface area contributed by atoms with Gasteiger partial charge in [-0.1, -0.05) is 48.0 Å². The van der Waals surface area contributed by atoms with Crippen LogP contribution in [0.4, 0.5) is 0 Å². The molecule has 0 spiro atoms. The summed E-state index contributed by atoms with van der Waals surface area (Å²) in [6, 6.07) is 18.5. The Bertz CT molecular complexity index is 1040. The van der Waals surface area contributed by atoms with Crippen molar-refractivity contribution in [1.29, 1.82) is 0 Å². The van der Waals surface area contributed by atoms with E-state index >= 15 is 0 Å². The Balaban J connectivity index is 1.61. The number of benzene rings is 2. The Morgan fingerprint density at radius 2 is 1.79 bits per heavy atom. The third-order valence-corrected chi connectivity index (χ3v) is 5.77. The van der Waals surface area contributed by atoms with Crippen LogP contribution in [0.1, 0.15) is 34.4 Å². The van der Waals surface area contributed by atoms with Crippen LogP contribution >= 0.6 is 11.6 Å². The molecule has 1 aliphatic carbocycles. The average molecular weight is 405 g/mol. The molecule has 1 aliphatic rings. The zero-order valence-corrected chi connectivity index (χ0v) is 17.7. The highest BCUT2D eigenvalue weighted by molar-refractivity contribution is 6.30. The summed E-state index contributed by atoms with van der Waals surface area (Å²) in [5.41, 5.74) is 8.34. The van der Waals surface area contributed by atoms with Crippen LogP contribution in [-0.2, 0) is 30.5 Å². The molecule has 4 rings (SSSR count). The molecular weight excluding hydrogens is 380 g/mol. The van der Waals surface area contributed by atoms with Crippen molar-refractivity contribution in [3.63, 3.8) is 0 Å². The molecule has 1 aromatic heterocycles. The van der Waals surface area contributed by atoms with Crippen LogP contribution < -0.4 is 0 Å². The van der Waals surface area contributed by atoms with Crippen molar-refractivity contribution < 1.29 is 4.79 Å². The number of rotatable bonds is 5. The standard InChI is InChI=1S/C25H25ClN2O/c1-28(2)25(29)14-18-11-9-17(10-12-18)13-20-16-24(19-5-3-6-21(26)15-19)27-23-8-4-7-22(20)23/h3,5-6,9-12,15-16H,4,7-8,13-14H2,1-2H3. The van der Waals surface area contributed by atoms with E-state index in [-0.39, 0.29) is 5.91 Å². The van der Waals surface area contributed by atoms with E-state index in [0.29, 0.717) is 6.42 Å². The lowest BCUT2D eigenvalue weighted by Gasteiger charge is -2.13. The molecule has 0 saturated heterocycles. The van der Waals surface area contributed by atoms with Gasteiger partial charge in [-0.15, -0.1) is 0 Å². The van der Waals surface area contributed by atoms with Gasteiger partial charge in [-0.25, -0.2) is 0 Å². The number of fused-ring (bicyclic) bond motifs is 1. The van der Waals surface area contributed by atoms with Gasteiger partial charge in [0.25, 0.3) is 0 Å². The van der Waals surface area contributed by atoms with Crippen molar-refractivity contribution in [2.75, 3.05) is 14.1 Å². The summed E-state index contributed by atoms with van der Waals surface area (Å²) in [5, 5.41) is 0.731. The summed E-state index contributed by atoms with van der Waals surface area (Å²) in [5.74, 6) is 0.121. The minimum absolute atomic E-state index is 0.121. The number of halogens is 1. The molecular formula is C25H25ClN2O. The van der Waals surface area contributed by atoms with Gasteiger partial charge in [-0.3, -0.25) is 9.78 Å². The highest BCUT2D eigenvalue weighted by atomic mass is 35.5. The summed E-state index contributed by atoms with van der Waals surface area (Å²) in [7, 11) is 3.58. The van der Waals surface area contributed by atoms with E-state index in [0.717, 1.165) is 41.1 Å². The number of aryl methyl sites for hydroxylation is 1. The third-order valence-electron chi connectivity index (χ3n) is 5.53. The molecule has 1 heterocycles. The fourth-order valence-corrected chi connectivity index (χ4v) is 4.10. The van der Waals surface area contributed by atoms with E-state index in [4.69, 9.17) is 16.6 Å². The fraction of sp³-hybridized carbons (Fsp3) is 0.280. The number of carbonyl (C=O) groups is 1. The van der Waals surface area contributed by atoms with E-state index in [1.165, 1.54) is 28.8 Å². The van der Waals surface area contributed by atoms with Crippen LogP contribution in [0.5, 0.6) is 0 Å². The van der Waals surface area contributed by atoms with Crippen molar-refractivity contribution in [3.8, 4) is 11.3 Å². The number of carbonyl (C=O) groups excluding carboxylic acids is 1. The minimum Gasteiger partial charge on any atom is -0.349 e.